The van der Waals surface area contributed by atoms with Crippen molar-refractivity contribution in [2.45, 2.75) is 37.0 Å². The van der Waals surface area contributed by atoms with Crippen molar-refractivity contribution in [2.24, 2.45) is 0 Å². The molecular formula is C18H30N2O7S. The molecule has 9 nitrogen and oxygen atoms in total. The second-order valence-corrected chi connectivity index (χ2v) is 8.00. The van der Waals surface area contributed by atoms with Crippen molar-refractivity contribution < 1.29 is 32.5 Å². The summed E-state index contributed by atoms with van der Waals surface area (Å²) < 4.78 is 49.7. The minimum atomic E-state index is -3.71. The molecule has 0 saturated carbocycles. The fourth-order valence-corrected chi connectivity index (χ4v) is 3.60. The number of nitrogens with zero attached hydrogens (tertiary/aromatic N) is 1. The highest BCUT2D eigenvalue weighted by Gasteiger charge is 2.22. The number of aliphatic hydroxyl groups excluding tert-OH is 1. The lowest BCUT2D eigenvalue weighted by Gasteiger charge is -2.13. The average Bonchev–Trinajstić information content (AvgIpc) is 2.69. The van der Waals surface area contributed by atoms with Gasteiger partial charge in [0.05, 0.1) is 13.2 Å². The maximum atomic E-state index is 12.6. The Morgan fingerprint density at radius 3 is 2.75 bits per heavy atom. The number of pyridine rings is 1. The Hall–Kier alpha value is -1.46. The third-order valence-electron chi connectivity index (χ3n) is 3.90. The highest BCUT2D eigenvalue weighted by Crippen LogP contribution is 2.25. The molecule has 1 aliphatic heterocycles. The molecule has 0 spiro atoms. The fraction of sp³-hybridized carbons (Fsp3) is 0.722. The normalized spacial score (nSPS) is 18.0. The summed E-state index contributed by atoms with van der Waals surface area (Å²) >= 11 is 0. The van der Waals surface area contributed by atoms with E-state index in [-0.39, 0.29) is 17.4 Å². The Morgan fingerprint density at radius 1 is 1.07 bits per heavy atom. The number of ether oxygens (including phenoxy) is 4. The summed E-state index contributed by atoms with van der Waals surface area (Å²) in [4.78, 5) is 4.24. The van der Waals surface area contributed by atoms with Gasteiger partial charge in [-0.15, -0.1) is 0 Å². The maximum absolute atomic E-state index is 12.6. The van der Waals surface area contributed by atoms with Crippen molar-refractivity contribution in [3.05, 3.63) is 12.1 Å². The molecule has 1 aromatic rings. The van der Waals surface area contributed by atoms with Crippen LogP contribution in [0.4, 0.5) is 0 Å². The average molecular weight is 419 g/mol. The van der Waals surface area contributed by atoms with Crippen LogP contribution in [0.3, 0.4) is 0 Å². The summed E-state index contributed by atoms with van der Waals surface area (Å²) in [7, 11) is -3.71. The smallest absolute Gasteiger partial charge is 0.245 e. The molecule has 0 amide bonds. The molecule has 0 aromatic carbocycles. The van der Waals surface area contributed by atoms with E-state index < -0.39 is 10.0 Å². The summed E-state index contributed by atoms with van der Waals surface area (Å²) in [6, 6.07) is 2.98. The minimum absolute atomic E-state index is 0.00681. The van der Waals surface area contributed by atoms with Gasteiger partial charge in [-0.25, -0.2) is 13.1 Å². The minimum Gasteiger partial charge on any atom is -0.477 e. The first kappa shape index (κ1) is 22.8. The van der Waals surface area contributed by atoms with E-state index in [9.17, 15) is 8.42 Å². The molecule has 10 heteroatoms. The Balaban J connectivity index is 1.97. The predicted molar refractivity (Wildman–Crippen MR) is 102 cm³/mol. The van der Waals surface area contributed by atoms with E-state index in [2.05, 4.69) is 9.71 Å². The molecule has 0 atom stereocenters. The SMILES string of the molecule is O=S1(=O)NCCCCOCCCOc2nc(OCCCOCCCO)ccc21. The van der Waals surface area contributed by atoms with Crippen molar-refractivity contribution in [3.63, 3.8) is 0 Å². The van der Waals surface area contributed by atoms with Gasteiger partial charge in [0.1, 0.15) is 4.90 Å². The Bertz CT molecular complexity index is 670. The molecule has 28 heavy (non-hydrogen) atoms. The first-order valence-electron chi connectivity index (χ1n) is 9.66. The lowest BCUT2D eigenvalue weighted by molar-refractivity contribution is 0.104. The molecule has 1 aliphatic rings. The molecule has 160 valence electrons. The molecule has 0 unspecified atom stereocenters. The van der Waals surface area contributed by atoms with Gasteiger partial charge >= 0.3 is 0 Å². The second-order valence-electron chi connectivity index (χ2n) is 6.26. The number of fused-ring (bicyclic) bond motifs is 1. The van der Waals surface area contributed by atoms with Gasteiger partial charge in [-0.3, -0.25) is 0 Å². The Kier molecular flexibility index (Phi) is 10.5. The Labute approximate surface area is 166 Å². The summed E-state index contributed by atoms with van der Waals surface area (Å²) in [6.45, 7) is 3.31. The van der Waals surface area contributed by atoms with Crippen LogP contribution in [0.25, 0.3) is 0 Å². The van der Waals surface area contributed by atoms with Gasteiger partial charge in [0.2, 0.25) is 21.8 Å². The zero-order valence-corrected chi connectivity index (χ0v) is 16.9. The molecule has 0 radical (unpaired) electrons. The molecule has 0 saturated heterocycles. The van der Waals surface area contributed by atoms with Gasteiger partial charge in [0, 0.05) is 58.5 Å². The first-order valence-corrected chi connectivity index (χ1v) is 11.1. The maximum Gasteiger partial charge on any atom is 0.245 e. The van der Waals surface area contributed by atoms with Gasteiger partial charge in [-0.2, -0.15) is 4.98 Å². The molecule has 2 rings (SSSR count). The predicted octanol–water partition coefficient (Wildman–Crippen LogP) is 1.11. The summed E-state index contributed by atoms with van der Waals surface area (Å²) in [5.74, 6) is 0.327. The first-order chi connectivity index (χ1) is 13.6. The number of nitrogens with one attached hydrogen (secondary N) is 1. The lowest BCUT2D eigenvalue weighted by atomic mass is 10.3. The van der Waals surface area contributed by atoms with Crippen LogP contribution in [0.5, 0.6) is 11.8 Å². The highest BCUT2D eigenvalue weighted by atomic mass is 32.2. The van der Waals surface area contributed by atoms with E-state index in [1.54, 1.807) is 0 Å². The van der Waals surface area contributed by atoms with Crippen LogP contribution in [-0.2, 0) is 19.5 Å². The van der Waals surface area contributed by atoms with Crippen LogP contribution in [0.1, 0.15) is 32.1 Å². The largest absolute Gasteiger partial charge is 0.477 e. The summed E-state index contributed by atoms with van der Waals surface area (Å²) in [5, 5.41) is 8.69. The number of hydrogen-bond acceptors (Lipinski definition) is 8. The van der Waals surface area contributed by atoms with Crippen LogP contribution in [-0.4, -0.2) is 71.3 Å². The van der Waals surface area contributed by atoms with Crippen molar-refractivity contribution >= 4 is 10.0 Å². The van der Waals surface area contributed by atoms with E-state index in [4.69, 9.17) is 24.1 Å². The van der Waals surface area contributed by atoms with Crippen molar-refractivity contribution in [1.29, 1.82) is 0 Å². The van der Waals surface area contributed by atoms with Gasteiger partial charge in [-0.1, -0.05) is 0 Å². The zero-order chi connectivity index (χ0) is 20.1. The number of hydrogen-bond donors (Lipinski definition) is 2. The van der Waals surface area contributed by atoms with Gasteiger partial charge in [-0.05, 0) is 25.3 Å². The highest BCUT2D eigenvalue weighted by molar-refractivity contribution is 7.89. The number of aromatic nitrogens is 1. The van der Waals surface area contributed by atoms with Gasteiger partial charge in [0.15, 0.2) is 0 Å². The van der Waals surface area contributed by atoms with Crippen LogP contribution < -0.4 is 14.2 Å². The second kappa shape index (κ2) is 12.9. The third kappa shape index (κ3) is 8.27. The molecule has 2 N–H and O–H groups in total. The number of aliphatic hydroxyl groups is 1. The Morgan fingerprint density at radius 2 is 1.89 bits per heavy atom. The van der Waals surface area contributed by atoms with Gasteiger partial charge < -0.3 is 24.1 Å². The van der Waals surface area contributed by atoms with E-state index in [1.165, 1.54) is 12.1 Å². The topological polar surface area (TPSA) is 116 Å². The van der Waals surface area contributed by atoms with Crippen LogP contribution >= 0.6 is 0 Å². The third-order valence-corrected chi connectivity index (χ3v) is 5.37. The summed E-state index contributed by atoms with van der Waals surface area (Å²) in [6.07, 6.45) is 3.40. The van der Waals surface area contributed by atoms with Crippen LogP contribution in [0.15, 0.2) is 17.0 Å². The number of rotatable bonds is 8. The molecule has 2 heterocycles. The van der Waals surface area contributed by atoms with E-state index >= 15 is 0 Å². The van der Waals surface area contributed by atoms with E-state index in [1.807, 2.05) is 0 Å². The summed E-state index contributed by atoms with van der Waals surface area (Å²) in [5.41, 5.74) is 0. The van der Waals surface area contributed by atoms with Crippen LogP contribution in [0.2, 0.25) is 0 Å². The van der Waals surface area contributed by atoms with Gasteiger partial charge in [0.25, 0.3) is 0 Å². The van der Waals surface area contributed by atoms with Crippen molar-refractivity contribution in [1.82, 2.24) is 9.71 Å². The van der Waals surface area contributed by atoms with Crippen LogP contribution in [0, 0.1) is 0 Å². The van der Waals surface area contributed by atoms with E-state index in [0.29, 0.717) is 77.7 Å². The molecule has 0 bridgehead atoms. The molecule has 1 aromatic heterocycles. The zero-order valence-electron chi connectivity index (χ0n) is 16.1. The fourth-order valence-electron chi connectivity index (χ4n) is 2.45. The molecule has 0 aliphatic carbocycles. The van der Waals surface area contributed by atoms with Crippen molar-refractivity contribution in [3.8, 4) is 11.8 Å². The monoisotopic (exact) mass is 418 g/mol. The standard InChI is InChI=1S/C18H30N2O7S/c21-9-3-11-25-12-4-14-26-17-7-6-16-18(20-17)27-15-5-13-24-10-2-1-8-19-28(16,22)23/h6-7,19,21H,1-5,8-15H2. The molecule has 0 fully saturated rings. The number of sulfonamides is 1. The van der Waals surface area contributed by atoms with E-state index in [0.717, 1.165) is 6.42 Å². The lowest BCUT2D eigenvalue weighted by Crippen LogP contribution is -2.25. The quantitative estimate of drug-likeness (QED) is 0.603. The molecular weight excluding hydrogens is 388 g/mol. The van der Waals surface area contributed by atoms with Crippen molar-refractivity contribution in [2.75, 3.05) is 52.8 Å².